The largest absolute Gasteiger partial charge is 0.381 e. The third kappa shape index (κ3) is 1.53. The van der Waals surface area contributed by atoms with Crippen molar-refractivity contribution in [1.29, 1.82) is 0 Å². The first-order valence-corrected chi connectivity index (χ1v) is 5.13. The van der Waals surface area contributed by atoms with Crippen LogP contribution < -0.4 is 0 Å². The monoisotopic (exact) mass is 199 g/mol. The van der Waals surface area contributed by atoms with Gasteiger partial charge in [-0.1, -0.05) is 0 Å². The van der Waals surface area contributed by atoms with E-state index in [2.05, 4.69) is 0 Å². The molecule has 0 aromatic heterocycles. The van der Waals surface area contributed by atoms with E-state index in [9.17, 15) is 9.90 Å². The standard InChI is InChI=1S/C10H17NO3/c1-10(2,13)9(12)11-7-3-4-8(11)6-14-5-7/h7-8,13H,3-6H2,1-2H3. The van der Waals surface area contributed by atoms with Gasteiger partial charge in [0.2, 0.25) is 0 Å². The molecule has 2 bridgehead atoms. The maximum absolute atomic E-state index is 11.9. The number of carbonyl (C=O) groups is 1. The molecule has 2 saturated heterocycles. The molecule has 0 aromatic rings. The van der Waals surface area contributed by atoms with Gasteiger partial charge in [-0.05, 0) is 26.7 Å². The fourth-order valence-corrected chi connectivity index (χ4v) is 2.28. The fraction of sp³-hybridized carbons (Fsp3) is 0.900. The summed E-state index contributed by atoms with van der Waals surface area (Å²) in [6.07, 6.45) is 2.01. The Balaban J connectivity index is 2.15. The van der Waals surface area contributed by atoms with Crippen LogP contribution in [0.3, 0.4) is 0 Å². The molecule has 1 N–H and O–H groups in total. The average molecular weight is 199 g/mol. The van der Waals surface area contributed by atoms with Gasteiger partial charge in [0.1, 0.15) is 5.60 Å². The predicted octanol–water partition coefficient (Wildman–Crippen LogP) is 0.147. The highest BCUT2D eigenvalue weighted by Crippen LogP contribution is 2.30. The molecule has 4 heteroatoms. The Kier molecular flexibility index (Phi) is 2.27. The Hall–Kier alpha value is -0.610. The summed E-state index contributed by atoms with van der Waals surface area (Å²) in [6, 6.07) is 0.375. The quantitative estimate of drug-likeness (QED) is 0.654. The van der Waals surface area contributed by atoms with E-state index >= 15 is 0 Å². The molecule has 1 amide bonds. The van der Waals surface area contributed by atoms with Crippen LogP contribution in [0.2, 0.25) is 0 Å². The van der Waals surface area contributed by atoms with Gasteiger partial charge >= 0.3 is 0 Å². The second kappa shape index (κ2) is 3.21. The van der Waals surface area contributed by atoms with Gasteiger partial charge < -0.3 is 14.7 Å². The van der Waals surface area contributed by atoms with Crippen molar-refractivity contribution in [3.05, 3.63) is 0 Å². The number of fused-ring (bicyclic) bond motifs is 2. The van der Waals surface area contributed by atoms with Crippen molar-refractivity contribution in [2.24, 2.45) is 0 Å². The van der Waals surface area contributed by atoms with E-state index in [4.69, 9.17) is 4.74 Å². The van der Waals surface area contributed by atoms with Crippen LogP contribution in [-0.4, -0.2) is 46.8 Å². The molecule has 2 rings (SSSR count). The summed E-state index contributed by atoms with van der Waals surface area (Å²) in [5, 5.41) is 9.67. The van der Waals surface area contributed by atoms with Gasteiger partial charge in [0.25, 0.3) is 5.91 Å². The van der Waals surface area contributed by atoms with E-state index in [1.54, 1.807) is 13.8 Å². The summed E-state index contributed by atoms with van der Waals surface area (Å²) in [7, 11) is 0. The van der Waals surface area contributed by atoms with Crippen LogP contribution in [-0.2, 0) is 9.53 Å². The smallest absolute Gasteiger partial charge is 0.254 e. The summed E-state index contributed by atoms with van der Waals surface area (Å²) in [4.78, 5) is 13.7. The number of ether oxygens (including phenoxy) is 1. The Labute approximate surface area is 83.8 Å². The van der Waals surface area contributed by atoms with Crippen LogP contribution in [0.5, 0.6) is 0 Å². The van der Waals surface area contributed by atoms with Gasteiger partial charge in [-0.25, -0.2) is 0 Å². The number of hydrogen-bond acceptors (Lipinski definition) is 3. The lowest BCUT2D eigenvalue weighted by atomic mass is 10.1. The summed E-state index contributed by atoms with van der Waals surface area (Å²) in [6.45, 7) is 4.34. The van der Waals surface area contributed by atoms with Gasteiger partial charge in [0, 0.05) is 0 Å². The maximum atomic E-state index is 11.9. The lowest BCUT2D eigenvalue weighted by Crippen LogP contribution is -2.55. The highest BCUT2D eigenvalue weighted by molar-refractivity contribution is 5.85. The van der Waals surface area contributed by atoms with Crippen molar-refractivity contribution in [1.82, 2.24) is 4.90 Å². The zero-order chi connectivity index (χ0) is 10.3. The van der Waals surface area contributed by atoms with E-state index in [0.29, 0.717) is 13.2 Å². The zero-order valence-corrected chi connectivity index (χ0v) is 8.69. The minimum Gasteiger partial charge on any atom is -0.381 e. The second-order valence-corrected chi connectivity index (χ2v) is 4.69. The van der Waals surface area contributed by atoms with Gasteiger partial charge in [0.05, 0.1) is 25.3 Å². The third-order valence-electron chi connectivity index (χ3n) is 3.00. The average Bonchev–Trinajstić information content (AvgIpc) is 2.32. The molecule has 2 atom stereocenters. The molecule has 2 aliphatic rings. The second-order valence-electron chi connectivity index (χ2n) is 4.69. The van der Waals surface area contributed by atoms with Crippen molar-refractivity contribution in [3.63, 3.8) is 0 Å². The van der Waals surface area contributed by atoms with E-state index in [1.807, 2.05) is 4.90 Å². The molecule has 0 spiro atoms. The van der Waals surface area contributed by atoms with Crippen molar-refractivity contribution >= 4 is 5.91 Å². The zero-order valence-electron chi connectivity index (χ0n) is 8.69. The Morgan fingerprint density at radius 3 is 2.29 bits per heavy atom. The summed E-state index contributed by atoms with van der Waals surface area (Å²) >= 11 is 0. The Morgan fingerprint density at radius 1 is 1.36 bits per heavy atom. The number of morpholine rings is 1. The van der Waals surface area contributed by atoms with Crippen LogP contribution >= 0.6 is 0 Å². The molecule has 0 aromatic carbocycles. The molecule has 14 heavy (non-hydrogen) atoms. The van der Waals surface area contributed by atoms with Gasteiger partial charge in [-0.3, -0.25) is 4.79 Å². The number of amides is 1. The minimum atomic E-state index is -1.25. The number of carbonyl (C=O) groups excluding carboxylic acids is 1. The van der Waals surface area contributed by atoms with E-state index in [1.165, 1.54) is 0 Å². The van der Waals surface area contributed by atoms with Crippen LogP contribution in [0.4, 0.5) is 0 Å². The number of aliphatic hydroxyl groups is 1. The van der Waals surface area contributed by atoms with Crippen molar-refractivity contribution in [3.8, 4) is 0 Å². The van der Waals surface area contributed by atoms with Crippen molar-refractivity contribution in [2.75, 3.05) is 13.2 Å². The van der Waals surface area contributed by atoms with Gasteiger partial charge in [-0.2, -0.15) is 0 Å². The normalized spacial score (nSPS) is 32.1. The van der Waals surface area contributed by atoms with Gasteiger partial charge in [-0.15, -0.1) is 0 Å². The topological polar surface area (TPSA) is 49.8 Å². The maximum Gasteiger partial charge on any atom is 0.254 e. The summed E-state index contributed by atoms with van der Waals surface area (Å²) in [5.74, 6) is -0.159. The van der Waals surface area contributed by atoms with Crippen LogP contribution in [0.1, 0.15) is 26.7 Å². The van der Waals surface area contributed by atoms with Crippen LogP contribution in [0.25, 0.3) is 0 Å². The van der Waals surface area contributed by atoms with E-state index in [-0.39, 0.29) is 18.0 Å². The minimum absolute atomic E-state index is 0.159. The first-order valence-electron chi connectivity index (χ1n) is 5.13. The van der Waals surface area contributed by atoms with Crippen molar-refractivity contribution < 1.29 is 14.6 Å². The van der Waals surface area contributed by atoms with Crippen molar-refractivity contribution in [2.45, 2.75) is 44.4 Å². The van der Waals surface area contributed by atoms with E-state index in [0.717, 1.165) is 12.8 Å². The molecule has 0 saturated carbocycles. The highest BCUT2D eigenvalue weighted by Gasteiger charge is 2.44. The molecule has 2 fully saturated rings. The van der Waals surface area contributed by atoms with Gasteiger partial charge in [0.15, 0.2) is 0 Å². The SMILES string of the molecule is CC(C)(O)C(=O)N1C2CCC1COC2. The number of nitrogens with zero attached hydrogens (tertiary/aromatic N) is 1. The summed E-state index contributed by atoms with van der Waals surface area (Å²) in [5.41, 5.74) is -1.25. The first kappa shape index (κ1) is 9.93. The third-order valence-corrected chi connectivity index (χ3v) is 3.00. The molecule has 0 radical (unpaired) electrons. The lowest BCUT2D eigenvalue weighted by Gasteiger charge is -2.37. The highest BCUT2D eigenvalue weighted by atomic mass is 16.5. The predicted molar refractivity (Wildman–Crippen MR) is 50.8 cm³/mol. The van der Waals surface area contributed by atoms with Crippen LogP contribution in [0.15, 0.2) is 0 Å². The molecular weight excluding hydrogens is 182 g/mol. The molecule has 2 unspecified atom stereocenters. The number of rotatable bonds is 1. The molecule has 2 aliphatic heterocycles. The van der Waals surface area contributed by atoms with Crippen LogP contribution in [0, 0.1) is 0 Å². The molecule has 0 aliphatic carbocycles. The Bertz CT molecular complexity index is 230. The lowest BCUT2D eigenvalue weighted by molar-refractivity contribution is -0.157. The molecule has 4 nitrogen and oxygen atoms in total. The fourth-order valence-electron chi connectivity index (χ4n) is 2.28. The number of hydrogen-bond donors (Lipinski definition) is 1. The first-order chi connectivity index (χ1) is 6.50. The molecule has 80 valence electrons. The molecular formula is C10H17NO3. The molecule has 2 heterocycles. The summed E-state index contributed by atoms with van der Waals surface area (Å²) < 4.78 is 5.37. The van der Waals surface area contributed by atoms with E-state index < -0.39 is 5.60 Å². The Morgan fingerprint density at radius 2 is 1.86 bits per heavy atom.